The van der Waals surface area contributed by atoms with E-state index in [1.807, 2.05) is 30.0 Å². The lowest BCUT2D eigenvalue weighted by molar-refractivity contribution is 0.0729. The van der Waals surface area contributed by atoms with Crippen molar-refractivity contribution in [2.45, 2.75) is 38.6 Å². The van der Waals surface area contributed by atoms with Crippen LogP contribution in [0.25, 0.3) is 0 Å². The van der Waals surface area contributed by atoms with Crippen molar-refractivity contribution in [2.75, 3.05) is 12.4 Å². The maximum atomic E-state index is 12.7. The van der Waals surface area contributed by atoms with E-state index < -0.39 is 0 Å². The van der Waals surface area contributed by atoms with Gasteiger partial charge in [0.05, 0.1) is 0 Å². The Hall–Kier alpha value is -0.540. The maximum Gasteiger partial charge on any atom is 0.254 e. The first-order valence-corrected chi connectivity index (χ1v) is 8.10. The van der Waals surface area contributed by atoms with Crippen LogP contribution in [0, 0.1) is 6.92 Å². The van der Waals surface area contributed by atoms with Crippen molar-refractivity contribution in [2.24, 2.45) is 0 Å². The van der Waals surface area contributed by atoms with Gasteiger partial charge in [-0.05, 0) is 50.3 Å². The van der Waals surface area contributed by atoms with E-state index in [0.29, 0.717) is 11.9 Å². The quantitative estimate of drug-likeness (QED) is 0.742. The summed E-state index contributed by atoms with van der Waals surface area (Å²) >= 11 is 9.25. The molecule has 2 nitrogen and oxygen atoms in total. The molecule has 1 saturated heterocycles. The fraction of sp³-hybridized carbons (Fsp3) is 0.533. The third kappa shape index (κ3) is 3.32. The molecule has 104 valence electrons. The highest BCUT2D eigenvalue weighted by atomic mass is 79.9. The number of halogens is 2. The van der Waals surface area contributed by atoms with E-state index in [2.05, 4.69) is 15.9 Å². The monoisotopic (exact) mass is 343 g/mol. The number of carbonyl (C=O) groups excluding carboxylic acids is 1. The van der Waals surface area contributed by atoms with Crippen LogP contribution >= 0.6 is 27.5 Å². The Morgan fingerprint density at radius 2 is 2.32 bits per heavy atom. The fourth-order valence-corrected chi connectivity index (χ4v) is 3.23. The van der Waals surface area contributed by atoms with Gasteiger partial charge in [0, 0.05) is 28.5 Å². The van der Waals surface area contributed by atoms with E-state index in [-0.39, 0.29) is 5.91 Å². The number of amides is 1. The molecule has 1 heterocycles. The molecule has 1 aliphatic heterocycles. The third-order valence-electron chi connectivity index (χ3n) is 3.81. The maximum absolute atomic E-state index is 12.7. The number of alkyl halides is 1. The Labute approximate surface area is 128 Å². The number of hydrogen-bond acceptors (Lipinski definition) is 1. The summed E-state index contributed by atoms with van der Waals surface area (Å²) in [5.41, 5.74) is 1.84. The summed E-state index contributed by atoms with van der Waals surface area (Å²) in [6, 6.07) is 6.18. The van der Waals surface area contributed by atoms with Crippen LogP contribution < -0.4 is 0 Å². The molecule has 4 heteroatoms. The molecule has 0 aliphatic carbocycles. The van der Waals surface area contributed by atoms with Crippen LogP contribution in [0.15, 0.2) is 22.7 Å². The second kappa shape index (κ2) is 6.76. The van der Waals surface area contributed by atoms with Gasteiger partial charge in [-0.15, -0.1) is 11.6 Å². The van der Waals surface area contributed by atoms with Gasteiger partial charge in [-0.1, -0.05) is 22.0 Å². The predicted octanol–water partition coefficient (Wildman–Crippen LogP) is 4.38. The minimum Gasteiger partial charge on any atom is -0.336 e. The summed E-state index contributed by atoms with van der Waals surface area (Å²) in [7, 11) is 0. The predicted molar refractivity (Wildman–Crippen MR) is 82.9 cm³/mol. The first kappa shape index (κ1) is 14.9. The van der Waals surface area contributed by atoms with Crippen LogP contribution in [0.4, 0.5) is 0 Å². The molecule has 1 amide bonds. The standard InChI is InChI=1S/C15H19BrClNO/c1-11-13(7-2-8-14(11)16)15(19)18-10-4-6-12(18)5-3-9-17/h2,7-8,12H,3-6,9-10H2,1H3. The number of nitrogens with zero attached hydrogens (tertiary/aromatic N) is 1. The third-order valence-corrected chi connectivity index (χ3v) is 4.93. The lowest BCUT2D eigenvalue weighted by Crippen LogP contribution is -2.36. The summed E-state index contributed by atoms with van der Waals surface area (Å²) in [6.07, 6.45) is 4.21. The SMILES string of the molecule is Cc1c(Br)cccc1C(=O)N1CCCC1CCCCl. The Bertz CT molecular complexity index is 463. The molecule has 19 heavy (non-hydrogen) atoms. The summed E-state index contributed by atoms with van der Waals surface area (Å²) in [4.78, 5) is 14.7. The lowest BCUT2D eigenvalue weighted by Gasteiger charge is -2.25. The van der Waals surface area contributed by atoms with Gasteiger partial charge in [0.25, 0.3) is 5.91 Å². The van der Waals surface area contributed by atoms with Gasteiger partial charge in [-0.2, -0.15) is 0 Å². The van der Waals surface area contributed by atoms with Gasteiger partial charge in [0.15, 0.2) is 0 Å². The van der Waals surface area contributed by atoms with Gasteiger partial charge in [0.2, 0.25) is 0 Å². The summed E-state index contributed by atoms with van der Waals surface area (Å²) < 4.78 is 0.995. The average Bonchev–Trinajstić information content (AvgIpc) is 2.87. The first-order chi connectivity index (χ1) is 9.15. The van der Waals surface area contributed by atoms with Crippen molar-refractivity contribution in [3.8, 4) is 0 Å². The van der Waals surface area contributed by atoms with E-state index >= 15 is 0 Å². The van der Waals surface area contributed by atoms with Crippen LogP contribution in [0.2, 0.25) is 0 Å². The normalized spacial score (nSPS) is 18.9. The lowest BCUT2D eigenvalue weighted by atomic mass is 10.1. The molecular weight excluding hydrogens is 326 g/mol. The average molecular weight is 345 g/mol. The second-order valence-electron chi connectivity index (χ2n) is 5.04. The van der Waals surface area contributed by atoms with Crippen molar-refractivity contribution in [3.63, 3.8) is 0 Å². The molecule has 1 aliphatic rings. The van der Waals surface area contributed by atoms with E-state index in [1.165, 1.54) is 0 Å². The van der Waals surface area contributed by atoms with Gasteiger partial charge in [-0.3, -0.25) is 4.79 Å². The van der Waals surface area contributed by atoms with Gasteiger partial charge in [0.1, 0.15) is 0 Å². The highest BCUT2D eigenvalue weighted by Gasteiger charge is 2.29. The molecule has 1 unspecified atom stereocenters. The van der Waals surface area contributed by atoms with Crippen molar-refractivity contribution in [1.29, 1.82) is 0 Å². The largest absolute Gasteiger partial charge is 0.336 e. The van der Waals surface area contributed by atoms with Crippen molar-refractivity contribution in [3.05, 3.63) is 33.8 Å². The van der Waals surface area contributed by atoms with E-state index in [1.54, 1.807) is 0 Å². The highest BCUT2D eigenvalue weighted by Crippen LogP contribution is 2.26. The molecule has 0 aromatic heterocycles. The second-order valence-corrected chi connectivity index (χ2v) is 6.27. The minimum atomic E-state index is 0.163. The zero-order valence-electron chi connectivity index (χ0n) is 11.2. The van der Waals surface area contributed by atoms with Crippen molar-refractivity contribution >= 4 is 33.4 Å². The van der Waals surface area contributed by atoms with Crippen molar-refractivity contribution in [1.82, 2.24) is 4.90 Å². The Morgan fingerprint density at radius 3 is 3.05 bits per heavy atom. The van der Waals surface area contributed by atoms with Crippen LogP contribution in [0.1, 0.15) is 41.6 Å². The molecule has 0 spiro atoms. The van der Waals surface area contributed by atoms with Crippen molar-refractivity contribution < 1.29 is 4.79 Å². The van der Waals surface area contributed by atoms with Gasteiger partial charge in [-0.25, -0.2) is 0 Å². The molecule has 1 aromatic carbocycles. The number of carbonyl (C=O) groups is 1. The Kier molecular flexibility index (Phi) is 5.28. The molecule has 2 rings (SSSR count). The summed E-state index contributed by atoms with van der Waals surface area (Å²) in [5.74, 6) is 0.838. The van der Waals surface area contributed by atoms with Crippen LogP contribution in [0.3, 0.4) is 0 Å². The molecule has 0 bridgehead atoms. The Balaban J connectivity index is 2.16. The van der Waals surface area contributed by atoms with Crippen LogP contribution in [-0.4, -0.2) is 29.3 Å². The smallest absolute Gasteiger partial charge is 0.254 e. The summed E-state index contributed by atoms with van der Waals surface area (Å²) in [5, 5.41) is 0. The number of hydrogen-bond donors (Lipinski definition) is 0. The molecule has 1 fully saturated rings. The topological polar surface area (TPSA) is 20.3 Å². The molecule has 0 radical (unpaired) electrons. The zero-order valence-corrected chi connectivity index (χ0v) is 13.5. The number of likely N-dealkylation sites (tertiary alicyclic amines) is 1. The Morgan fingerprint density at radius 1 is 1.53 bits per heavy atom. The zero-order chi connectivity index (χ0) is 13.8. The molecule has 1 aromatic rings. The van der Waals surface area contributed by atoms with E-state index in [0.717, 1.165) is 47.8 Å². The fourth-order valence-electron chi connectivity index (χ4n) is 2.71. The van der Waals surface area contributed by atoms with Crippen LogP contribution in [-0.2, 0) is 0 Å². The summed E-state index contributed by atoms with van der Waals surface area (Å²) in [6.45, 7) is 2.86. The first-order valence-electron chi connectivity index (χ1n) is 6.77. The highest BCUT2D eigenvalue weighted by molar-refractivity contribution is 9.10. The molecular formula is C15H19BrClNO. The number of rotatable bonds is 4. The van der Waals surface area contributed by atoms with Crippen LogP contribution in [0.5, 0.6) is 0 Å². The van der Waals surface area contributed by atoms with E-state index in [4.69, 9.17) is 11.6 Å². The van der Waals surface area contributed by atoms with Gasteiger partial charge >= 0.3 is 0 Å². The van der Waals surface area contributed by atoms with E-state index in [9.17, 15) is 4.79 Å². The number of benzene rings is 1. The van der Waals surface area contributed by atoms with Gasteiger partial charge < -0.3 is 4.90 Å². The minimum absolute atomic E-state index is 0.163. The molecule has 1 atom stereocenters. The molecule has 0 N–H and O–H groups in total. The molecule has 0 saturated carbocycles.